The van der Waals surface area contributed by atoms with Crippen LogP contribution in [0.1, 0.15) is 30.9 Å². The summed E-state index contributed by atoms with van der Waals surface area (Å²) in [6.07, 6.45) is 1.24. The number of anilines is 1. The van der Waals surface area contributed by atoms with Gasteiger partial charge in [-0.25, -0.2) is 0 Å². The van der Waals surface area contributed by atoms with Crippen molar-refractivity contribution in [3.8, 4) is 18.2 Å². The van der Waals surface area contributed by atoms with Crippen molar-refractivity contribution in [1.29, 1.82) is 15.8 Å². The Hall–Kier alpha value is -2.51. The highest BCUT2D eigenvalue weighted by Crippen LogP contribution is 2.16. The predicted octanol–water partition coefficient (Wildman–Crippen LogP) is 2.53. The summed E-state index contributed by atoms with van der Waals surface area (Å²) in [5, 5.41) is 29.5. The fourth-order valence-electron chi connectivity index (χ4n) is 1.47. The van der Waals surface area contributed by atoms with E-state index in [0.717, 1.165) is 12.1 Å². The fraction of sp³-hybridized carbons (Fsp3) is 0.308. The third kappa shape index (κ3) is 3.23. The minimum Gasteiger partial charge on any atom is -0.381 e. The number of hydrogen-bond donors (Lipinski definition) is 1. The largest absolute Gasteiger partial charge is 0.381 e. The first-order chi connectivity index (χ1) is 8.24. The molecule has 0 saturated heterocycles. The molecule has 0 bridgehead atoms. The molecule has 0 aliphatic rings. The summed E-state index contributed by atoms with van der Waals surface area (Å²) in [4.78, 5) is 0. The van der Waals surface area contributed by atoms with Crippen LogP contribution in [0.3, 0.4) is 0 Å². The Kier molecular flexibility index (Phi) is 4.55. The van der Waals surface area contributed by atoms with Crippen LogP contribution >= 0.6 is 0 Å². The molecule has 1 unspecified atom stereocenters. The lowest BCUT2D eigenvalue weighted by Crippen LogP contribution is -2.17. The van der Waals surface area contributed by atoms with Crippen molar-refractivity contribution in [1.82, 2.24) is 0 Å². The lowest BCUT2D eigenvalue weighted by molar-refractivity contribution is 0.711. The Balaban J connectivity index is 2.91. The average molecular weight is 224 g/mol. The summed E-state index contributed by atoms with van der Waals surface area (Å²) in [7, 11) is 0. The Labute approximate surface area is 101 Å². The maximum absolute atomic E-state index is 8.89. The van der Waals surface area contributed by atoms with Gasteiger partial charge in [-0.15, -0.1) is 0 Å². The Morgan fingerprint density at radius 3 is 2.41 bits per heavy atom. The summed E-state index contributed by atoms with van der Waals surface area (Å²) in [6, 6.07) is 11.1. The molecule has 0 fully saturated rings. The van der Waals surface area contributed by atoms with Gasteiger partial charge in [0.15, 0.2) is 0 Å². The zero-order valence-electron chi connectivity index (χ0n) is 9.57. The Morgan fingerprint density at radius 2 is 1.88 bits per heavy atom. The van der Waals surface area contributed by atoms with Crippen LogP contribution in [0.25, 0.3) is 0 Å². The van der Waals surface area contributed by atoms with Crippen LogP contribution in [0.4, 0.5) is 5.69 Å². The van der Waals surface area contributed by atoms with E-state index in [1.54, 1.807) is 18.2 Å². The van der Waals surface area contributed by atoms with Crippen LogP contribution in [0.15, 0.2) is 18.2 Å². The van der Waals surface area contributed by atoms with E-state index in [1.807, 2.05) is 19.1 Å². The summed E-state index contributed by atoms with van der Waals surface area (Å²) in [5.41, 5.74) is 1.48. The first kappa shape index (κ1) is 12.6. The van der Waals surface area contributed by atoms with E-state index in [0.29, 0.717) is 17.5 Å². The normalized spacial score (nSPS) is 10.7. The molecule has 17 heavy (non-hydrogen) atoms. The maximum Gasteiger partial charge on any atom is 0.101 e. The molecule has 1 atom stereocenters. The molecule has 1 N–H and O–H groups in total. The van der Waals surface area contributed by atoms with Gasteiger partial charge >= 0.3 is 0 Å². The third-order valence-corrected chi connectivity index (χ3v) is 2.46. The molecule has 0 aliphatic carbocycles. The second-order valence-electron chi connectivity index (χ2n) is 3.60. The highest BCUT2D eigenvalue weighted by Gasteiger charge is 2.07. The van der Waals surface area contributed by atoms with Gasteiger partial charge in [0.1, 0.15) is 12.1 Å². The van der Waals surface area contributed by atoms with E-state index in [1.165, 1.54) is 0 Å². The summed E-state index contributed by atoms with van der Waals surface area (Å²) in [5.74, 6) is 0. The van der Waals surface area contributed by atoms with Crippen LogP contribution in [0.5, 0.6) is 0 Å². The smallest absolute Gasteiger partial charge is 0.101 e. The first-order valence-electron chi connectivity index (χ1n) is 5.32. The van der Waals surface area contributed by atoms with Crippen molar-refractivity contribution in [3.05, 3.63) is 29.3 Å². The molecule has 1 rings (SSSR count). The van der Waals surface area contributed by atoms with Gasteiger partial charge in [0.2, 0.25) is 0 Å². The van der Waals surface area contributed by atoms with Gasteiger partial charge in [-0.2, -0.15) is 15.8 Å². The molecular weight excluding hydrogens is 212 g/mol. The van der Waals surface area contributed by atoms with Crippen LogP contribution in [0, 0.1) is 34.0 Å². The third-order valence-electron chi connectivity index (χ3n) is 2.46. The molecule has 1 aromatic rings. The van der Waals surface area contributed by atoms with Crippen molar-refractivity contribution >= 4 is 5.69 Å². The number of nitrogens with zero attached hydrogens (tertiary/aromatic N) is 3. The molecule has 84 valence electrons. The van der Waals surface area contributed by atoms with Gasteiger partial charge in [-0.05, 0) is 24.6 Å². The number of nitrogens with one attached hydrogen (secondary N) is 1. The zero-order valence-corrected chi connectivity index (χ0v) is 9.57. The van der Waals surface area contributed by atoms with E-state index in [-0.39, 0.29) is 6.04 Å². The van der Waals surface area contributed by atoms with Crippen LogP contribution < -0.4 is 5.32 Å². The molecule has 0 spiro atoms. The second-order valence-corrected chi connectivity index (χ2v) is 3.60. The van der Waals surface area contributed by atoms with Gasteiger partial charge in [-0.1, -0.05) is 6.92 Å². The standard InChI is InChI=1S/C13H12N4/c1-2-12(5-6-14)17-13-4-3-10(8-15)11(7-13)9-16/h3-4,7,12,17H,2,5H2,1H3. The molecule has 4 heteroatoms. The van der Waals surface area contributed by atoms with Crippen molar-refractivity contribution < 1.29 is 0 Å². The van der Waals surface area contributed by atoms with Gasteiger partial charge in [0.25, 0.3) is 0 Å². The van der Waals surface area contributed by atoms with Crippen molar-refractivity contribution in [2.75, 3.05) is 5.32 Å². The number of nitriles is 3. The molecule has 0 radical (unpaired) electrons. The van der Waals surface area contributed by atoms with E-state index in [2.05, 4.69) is 11.4 Å². The number of hydrogen-bond acceptors (Lipinski definition) is 4. The van der Waals surface area contributed by atoms with Gasteiger partial charge in [-0.3, -0.25) is 0 Å². The minimum atomic E-state index is 0.0690. The second kappa shape index (κ2) is 6.16. The summed E-state index contributed by atoms with van der Waals surface area (Å²) < 4.78 is 0. The molecular formula is C13H12N4. The lowest BCUT2D eigenvalue weighted by atomic mass is 10.1. The van der Waals surface area contributed by atoms with Gasteiger partial charge in [0, 0.05) is 11.7 Å². The molecule has 0 aromatic heterocycles. The van der Waals surface area contributed by atoms with Crippen molar-refractivity contribution in [2.24, 2.45) is 0 Å². The lowest BCUT2D eigenvalue weighted by Gasteiger charge is -2.15. The van der Waals surface area contributed by atoms with Crippen LogP contribution in [-0.2, 0) is 0 Å². The molecule has 4 nitrogen and oxygen atoms in total. The zero-order chi connectivity index (χ0) is 12.7. The van der Waals surface area contributed by atoms with Crippen molar-refractivity contribution in [2.45, 2.75) is 25.8 Å². The summed E-state index contributed by atoms with van der Waals surface area (Å²) in [6.45, 7) is 1.99. The molecule has 0 heterocycles. The van der Waals surface area contributed by atoms with Crippen molar-refractivity contribution in [3.63, 3.8) is 0 Å². The summed E-state index contributed by atoms with van der Waals surface area (Å²) >= 11 is 0. The predicted molar refractivity (Wildman–Crippen MR) is 63.8 cm³/mol. The minimum absolute atomic E-state index is 0.0690. The monoisotopic (exact) mass is 224 g/mol. The van der Waals surface area contributed by atoms with E-state index in [9.17, 15) is 0 Å². The number of benzene rings is 1. The topological polar surface area (TPSA) is 83.4 Å². The highest BCUT2D eigenvalue weighted by molar-refractivity contribution is 5.56. The van der Waals surface area contributed by atoms with E-state index >= 15 is 0 Å². The van der Waals surface area contributed by atoms with Crippen LogP contribution in [0.2, 0.25) is 0 Å². The number of rotatable bonds is 4. The molecule has 0 saturated carbocycles. The molecule has 0 amide bonds. The van der Waals surface area contributed by atoms with Gasteiger partial charge < -0.3 is 5.32 Å². The van der Waals surface area contributed by atoms with Gasteiger partial charge in [0.05, 0.1) is 23.6 Å². The highest BCUT2D eigenvalue weighted by atomic mass is 14.9. The quantitative estimate of drug-likeness (QED) is 0.851. The maximum atomic E-state index is 8.89. The average Bonchev–Trinajstić information content (AvgIpc) is 2.38. The first-order valence-corrected chi connectivity index (χ1v) is 5.32. The Bertz CT molecular complexity index is 514. The van der Waals surface area contributed by atoms with Crippen LogP contribution in [-0.4, -0.2) is 6.04 Å². The molecule has 0 aliphatic heterocycles. The SMILES string of the molecule is CCC(CC#N)Nc1ccc(C#N)c(C#N)c1. The van der Waals surface area contributed by atoms with E-state index < -0.39 is 0 Å². The Morgan fingerprint density at radius 1 is 1.18 bits per heavy atom. The fourth-order valence-corrected chi connectivity index (χ4v) is 1.47. The van der Waals surface area contributed by atoms with E-state index in [4.69, 9.17) is 15.8 Å². The molecule has 1 aromatic carbocycles.